The van der Waals surface area contributed by atoms with Gasteiger partial charge in [0.1, 0.15) is 6.04 Å². The number of benzene rings is 2. The van der Waals surface area contributed by atoms with Gasteiger partial charge in [-0.05, 0) is 48.9 Å². The minimum Gasteiger partial charge on any atom is -0.323 e. The molecule has 0 saturated heterocycles. The Morgan fingerprint density at radius 3 is 2.30 bits per heavy atom. The first-order valence-corrected chi connectivity index (χ1v) is 11.7. The largest absolute Gasteiger partial charge is 0.323 e. The molecule has 27 heavy (non-hydrogen) atoms. The van der Waals surface area contributed by atoms with Crippen molar-refractivity contribution in [2.45, 2.75) is 38.1 Å². The van der Waals surface area contributed by atoms with E-state index in [1.54, 1.807) is 30.8 Å². The number of carbonyl (C=O) groups is 1. The molecule has 0 fully saturated rings. The van der Waals surface area contributed by atoms with Crippen molar-refractivity contribution in [3.05, 3.63) is 54.1 Å². The van der Waals surface area contributed by atoms with Gasteiger partial charge in [-0.25, -0.2) is 8.42 Å². The van der Waals surface area contributed by atoms with E-state index in [0.29, 0.717) is 11.4 Å². The Bertz CT molecular complexity index is 880. The molecular formula is C20H26N2O3S2. The molecule has 1 atom stereocenters. The summed E-state index contributed by atoms with van der Waals surface area (Å²) in [7, 11) is -3.63. The molecule has 2 rings (SSSR count). The molecule has 0 bridgehead atoms. The van der Waals surface area contributed by atoms with E-state index in [1.165, 1.54) is 0 Å². The van der Waals surface area contributed by atoms with E-state index < -0.39 is 16.1 Å². The zero-order chi connectivity index (χ0) is 20.0. The molecule has 0 unspecified atom stereocenters. The molecule has 5 nitrogen and oxygen atoms in total. The first-order chi connectivity index (χ1) is 12.8. The number of nitrogens with zero attached hydrogens (tertiary/aromatic N) is 1. The number of carbonyl (C=O) groups excluding carboxylic acids is 1. The summed E-state index contributed by atoms with van der Waals surface area (Å²) in [6.07, 6.45) is 1.98. The van der Waals surface area contributed by atoms with Gasteiger partial charge in [-0.3, -0.25) is 9.10 Å². The summed E-state index contributed by atoms with van der Waals surface area (Å²) in [6.45, 7) is 5.67. The highest BCUT2D eigenvalue weighted by Crippen LogP contribution is 2.28. The number of rotatable bonds is 8. The Morgan fingerprint density at radius 2 is 1.74 bits per heavy atom. The van der Waals surface area contributed by atoms with Gasteiger partial charge in [-0.1, -0.05) is 38.1 Å². The Kier molecular flexibility index (Phi) is 7.33. The summed E-state index contributed by atoms with van der Waals surface area (Å²) in [5.74, 6) is 0.506. The fraction of sp³-hybridized carbons (Fsp3) is 0.350. The van der Waals surface area contributed by atoms with Gasteiger partial charge in [0.15, 0.2) is 0 Å². The number of amides is 1. The Hall–Kier alpha value is -1.99. The highest BCUT2D eigenvalue weighted by Gasteiger charge is 2.29. The van der Waals surface area contributed by atoms with E-state index in [4.69, 9.17) is 0 Å². The maximum absolute atomic E-state index is 12.8. The molecule has 2 aromatic rings. The van der Waals surface area contributed by atoms with Gasteiger partial charge in [0, 0.05) is 4.90 Å². The summed E-state index contributed by atoms with van der Waals surface area (Å²) in [5, 5.41) is 2.87. The predicted octanol–water partition coefficient (Wildman–Crippen LogP) is 4.15. The van der Waals surface area contributed by atoms with Crippen LogP contribution in [0.25, 0.3) is 0 Å². The van der Waals surface area contributed by atoms with Crippen LogP contribution in [0.4, 0.5) is 11.4 Å². The summed E-state index contributed by atoms with van der Waals surface area (Å²) < 4.78 is 26.0. The lowest BCUT2D eigenvalue weighted by atomic mass is 10.1. The van der Waals surface area contributed by atoms with Gasteiger partial charge < -0.3 is 5.32 Å². The Morgan fingerprint density at radius 1 is 1.11 bits per heavy atom. The van der Waals surface area contributed by atoms with Crippen molar-refractivity contribution in [3.8, 4) is 0 Å². The number of sulfonamides is 1. The lowest BCUT2D eigenvalue weighted by molar-refractivity contribution is -0.116. The van der Waals surface area contributed by atoms with Crippen LogP contribution in [0, 0.1) is 0 Å². The fourth-order valence-electron chi connectivity index (χ4n) is 2.78. The number of thioether (sulfide) groups is 1. The molecule has 7 heteroatoms. The molecule has 0 heterocycles. The molecule has 146 valence electrons. The zero-order valence-electron chi connectivity index (χ0n) is 16.1. The molecule has 0 aliphatic heterocycles. The highest BCUT2D eigenvalue weighted by molar-refractivity contribution is 7.99. The third-order valence-electron chi connectivity index (χ3n) is 4.13. The number of anilines is 2. The monoisotopic (exact) mass is 406 g/mol. The molecule has 0 radical (unpaired) electrons. The average Bonchev–Trinajstić information content (AvgIpc) is 2.63. The molecule has 1 amide bonds. The number of hydrogen-bond donors (Lipinski definition) is 1. The first kappa shape index (κ1) is 21.3. The number of nitrogens with one attached hydrogen (secondary N) is 1. The first-order valence-electron chi connectivity index (χ1n) is 8.89. The molecule has 0 aromatic heterocycles. The van der Waals surface area contributed by atoms with Crippen LogP contribution in [0.2, 0.25) is 0 Å². The second-order valence-corrected chi connectivity index (χ2v) is 9.34. The van der Waals surface area contributed by atoms with Crippen LogP contribution in [0.3, 0.4) is 0 Å². The third-order valence-corrected chi connectivity index (χ3v) is 6.33. The predicted molar refractivity (Wildman–Crippen MR) is 114 cm³/mol. The van der Waals surface area contributed by atoms with Gasteiger partial charge in [0.25, 0.3) is 0 Å². The second kappa shape index (κ2) is 9.28. The van der Waals surface area contributed by atoms with E-state index in [2.05, 4.69) is 5.32 Å². The van der Waals surface area contributed by atoms with Gasteiger partial charge in [-0.15, -0.1) is 11.8 Å². The number of para-hydroxylation sites is 1. The minimum absolute atomic E-state index is 0.371. The Balaban J connectivity index is 2.30. The number of hydrogen-bond acceptors (Lipinski definition) is 4. The molecule has 1 N–H and O–H groups in total. The highest BCUT2D eigenvalue weighted by atomic mass is 32.2. The summed E-state index contributed by atoms with van der Waals surface area (Å²) in [4.78, 5) is 13.8. The van der Waals surface area contributed by atoms with Crippen LogP contribution >= 0.6 is 11.8 Å². The van der Waals surface area contributed by atoms with E-state index in [0.717, 1.165) is 33.2 Å². The third kappa shape index (κ3) is 5.49. The lowest BCUT2D eigenvalue weighted by Crippen LogP contribution is -2.45. The van der Waals surface area contributed by atoms with Crippen LogP contribution in [0.1, 0.15) is 26.3 Å². The van der Waals surface area contributed by atoms with E-state index in [9.17, 15) is 13.2 Å². The van der Waals surface area contributed by atoms with E-state index in [1.807, 2.05) is 50.2 Å². The minimum atomic E-state index is -3.63. The van der Waals surface area contributed by atoms with Crippen molar-refractivity contribution in [2.75, 3.05) is 21.6 Å². The zero-order valence-corrected chi connectivity index (χ0v) is 17.7. The van der Waals surface area contributed by atoms with Gasteiger partial charge in [-0.2, -0.15) is 0 Å². The molecule has 0 aliphatic carbocycles. The Labute approximate surface area is 166 Å². The van der Waals surface area contributed by atoms with Crippen LogP contribution in [0.5, 0.6) is 0 Å². The molecule has 0 aliphatic rings. The standard InChI is InChI=1S/C20H26N2O3S2/c1-5-16-11-13-17(14-12-16)22(27(4,24)25)15(3)20(23)21-18-9-7-8-10-19(18)26-6-2/h7-15H,5-6H2,1-4H3,(H,21,23)/t15-/m0/s1. The summed E-state index contributed by atoms with van der Waals surface area (Å²) in [5.41, 5.74) is 2.28. The van der Waals surface area contributed by atoms with Crippen LogP contribution < -0.4 is 9.62 Å². The van der Waals surface area contributed by atoms with Crippen molar-refractivity contribution in [3.63, 3.8) is 0 Å². The lowest BCUT2D eigenvalue weighted by Gasteiger charge is -2.28. The summed E-state index contributed by atoms with van der Waals surface area (Å²) in [6, 6.07) is 13.9. The topological polar surface area (TPSA) is 66.5 Å². The maximum Gasteiger partial charge on any atom is 0.248 e. The van der Waals surface area contributed by atoms with Crippen molar-refractivity contribution in [1.29, 1.82) is 0 Å². The van der Waals surface area contributed by atoms with Gasteiger partial charge in [0.05, 0.1) is 17.6 Å². The fourth-order valence-corrected chi connectivity index (χ4v) is 4.71. The van der Waals surface area contributed by atoms with E-state index in [-0.39, 0.29) is 5.91 Å². The van der Waals surface area contributed by atoms with Gasteiger partial charge in [0.2, 0.25) is 15.9 Å². The van der Waals surface area contributed by atoms with Crippen LogP contribution in [-0.4, -0.2) is 32.4 Å². The normalized spacial score (nSPS) is 12.4. The van der Waals surface area contributed by atoms with Crippen molar-refractivity contribution < 1.29 is 13.2 Å². The maximum atomic E-state index is 12.8. The SMILES string of the molecule is CCSc1ccccc1NC(=O)[C@H](C)N(c1ccc(CC)cc1)S(C)(=O)=O. The molecule has 0 spiro atoms. The summed E-state index contributed by atoms with van der Waals surface area (Å²) >= 11 is 1.62. The second-order valence-electron chi connectivity index (χ2n) is 6.17. The van der Waals surface area contributed by atoms with Crippen molar-refractivity contribution in [2.24, 2.45) is 0 Å². The quantitative estimate of drug-likeness (QED) is 0.669. The van der Waals surface area contributed by atoms with Crippen molar-refractivity contribution >= 4 is 39.1 Å². The molecule has 2 aromatic carbocycles. The van der Waals surface area contributed by atoms with E-state index >= 15 is 0 Å². The van der Waals surface area contributed by atoms with Crippen LogP contribution in [0.15, 0.2) is 53.4 Å². The van der Waals surface area contributed by atoms with Crippen LogP contribution in [-0.2, 0) is 21.2 Å². The van der Waals surface area contributed by atoms with Crippen molar-refractivity contribution in [1.82, 2.24) is 0 Å². The van der Waals surface area contributed by atoms with Gasteiger partial charge >= 0.3 is 0 Å². The molecule has 0 saturated carbocycles. The molecular weight excluding hydrogens is 380 g/mol. The number of aryl methyl sites for hydroxylation is 1. The smallest absolute Gasteiger partial charge is 0.248 e. The average molecular weight is 407 g/mol.